The van der Waals surface area contributed by atoms with Crippen molar-refractivity contribution >= 4 is 37.3 Å². The standard InChI is InChI=1S/C16H16N2O2S2/c1-10-5-4-6-16(11(10)2)22(19,20)18-13-7-8-14-15(9-13)21-12(3)17-14/h4-9,18H,1-3H3. The summed E-state index contributed by atoms with van der Waals surface area (Å²) in [4.78, 5) is 4.69. The molecule has 0 radical (unpaired) electrons. The number of hydrogen-bond donors (Lipinski definition) is 1. The van der Waals surface area contributed by atoms with Gasteiger partial charge in [0.15, 0.2) is 0 Å². The highest BCUT2D eigenvalue weighted by atomic mass is 32.2. The van der Waals surface area contributed by atoms with E-state index in [1.54, 1.807) is 29.5 Å². The van der Waals surface area contributed by atoms with Gasteiger partial charge in [0, 0.05) is 0 Å². The third-order valence-corrected chi connectivity index (χ3v) is 6.05. The van der Waals surface area contributed by atoms with Crippen LogP contribution in [-0.4, -0.2) is 13.4 Å². The highest BCUT2D eigenvalue weighted by molar-refractivity contribution is 7.92. The van der Waals surface area contributed by atoms with Gasteiger partial charge in [-0.1, -0.05) is 12.1 Å². The molecule has 0 saturated carbocycles. The fourth-order valence-corrected chi connectivity index (χ4v) is 4.56. The Morgan fingerprint density at radius 1 is 1.09 bits per heavy atom. The molecule has 2 aromatic carbocycles. The molecule has 0 aliphatic carbocycles. The SMILES string of the molecule is Cc1nc2ccc(NS(=O)(=O)c3cccc(C)c3C)cc2s1. The molecule has 0 aliphatic heterocycles. The lowest BCUT2D eigenvalue weighted by Crippen LogP contribution is -2.14. The van der Waals surface area contributed by atoms with E-state index >= 15 is 0 Å². The first-order valence-corrected chi connectivity index (χ1v) is 9.13. The van der Waals surface area contributed by atoms with Crippen LogP contribution < -0.4 is 4.72 Å². The van der Waals surface area contributed by atoms with Crippen molar-refractivity contribution in [1.82, 2.24) is 4.98 Å². The number of thiazole rings is 1. The number of sulfonamides is 1. The van der Waals surface area contributed by atoms with Crippen molar-refractivity contribution in [1.29, 1.82) is 0 Å². The third-order valence-electron chi connectivity index (χ3n) is 3.59. The second kappa shape index (κ2) is 5.37. The normalized spacial score (nSPS) is 11.8. The minimum absolute atomic E-state index is 0.313. The molecule has 0 fully saturated rings. The minimum atomic E-state index is -3.59. The molecule has 4 nitrogen and oxygen atoms in total. The summed E-state index contributed by atoms with van der Waals surface area (Å²) in [5.74, 6) is 0. The molecule has 0 bridgehead atoms. The summed E-state index contributed by atoms with van der Waals surface area (Å²) in [7, 11) is -3.59. The van der Waals surface area contributed by atoms with Gasteiger partial charge in [-0.25, -0.2) is 13.4 Å². The van der Waals surface area contributed by atoms with E-state index in [1.165, 1.54) is 0 Å². The molecule has 3 aromatic rings. The maximum atomic E-state index is 12.6. The van der Waals surface area contributed by atoms with Crippen LogP contribution in [0.1, 0.15) is 16.1 Å². The predicted octanol–water partition coefficient (Wildman–Crippen LogP) is 4.02. The van der Waals surface area contributed by atoms with Gasteiger partial charge >= 0.3 is 0 Å². The fourth-order valence-electron chi connectivity index (χ4n) is 2.33. The number of aromatic nitrogens is 1. The van der Waals surface area contributed by atoms with Crippen molar-refractivity contribution in [2.75, 3.05) is 4.72 Å². The quantitative estimate of drug-likeness (QED) is 0.788. The molecule has 1 N–H and O–H groups in total. The van der Waals surface area contributed by atoms with E-state index < -0.39 is 10.0 Å². The highest BCUT2D eigenvalue weighted by Gasteiger charge is 2.18. The van der Waals surface area contributed by atoms with E-state index in [0.29, 0.717) is 10.6 Å². The van der Waals surface area contributed by atoms with Crippen LogP contribution in [0.4, 0.5) is 5.69 Å². The first kappa shape index (κ1) is 15.0. The van der Waals surface area contributed by atoms with Crippen LogP contribution in [0.25, 0.3) is 10.2 Å². The van der Waals surface area contributed by atoms with E-state index in [4.69, 9.17) is 0 Å². The predicted molar refractivity (Wildman–Crippen MR) is 91.1 cm³/mol. The summed E-state index contributed by atoms with van der Waals surface area (Å²) in [6, 6.07) is 10.7. The number of benzene rings is 2. The van der Waals surface area contributed by atoms with E-state index in [1.807, 2.05) is 39.0 Å². The van der Waals surface area contributed by atoms with Gasteiger partial charge in [-0.05, 0) is 56.2 Å². The van der Waals surface area contributed by atoms with Crippen LogP contribution in [0.3, 0.4) is 0 Å². The van der Waals surface area contributed by atoms with Gasteiger partial charge in [0.05, 0.1) is 25.8 Å². The van der Waals surface area contributed by atoms with Crippen LogP contribution in [0.2, 0.25) is 0 Å². The van der Waals surface area contributed by atoms with Crippen molar-refractivity contribution in [2.45, 2.75) is 25.7 Å². The summed E-state index contributed by atoms with van der Waals surface area (Å²) in [5, 5.41) is 0.963. The number of anilines is 1. The highest BCUT2D eigenvalue weighted by Crippen LogP contribution is 2.27. The van der Waals surface area contributed by atoms with Gasteiger partial charge in [-0.3, -0.25) is 4.72 Å². The minimum Gasteiger partial charge on any atom is -0.280 e. The van der Waals surface area contributed by atoms with Crippen molar-refractivity contribution < 1.29 is 8.42 Å². The molecular weight excluding hydrogens is 316 g/mol. The molecule has 0 atom stereocenters. The first-order chi connectivity index (χ1) is 10.4. The lowest BCUT2D eigenvalue weighted by Gasteiger charge is -2.11. The molecule has 114 valence electrons. The van der Waals surface area contributed by atoms with Crippen LogP contribution in [0, 0.1) is 20.8 Å². The molecule has 1 heterocycles. The Balaban J connectivity index is 2.00. The summed E-state index contributed by atoms with van der Waals surface area (Å²) >= 11 is 1.55. The molecule has 1 aromatic heterocycles. The second-order valence-electron chi connectivity index (χ2n) is 5.22. The maximum Gasteiger partial charge on any atom is 0.262 e. The maximum absolute atomic E-state index is 12.6. The zero-order valence-corrected chi connectivity index (χ0v) is 14.2. The average Bonchev–Trinajstić information content (AvgIpc) is 2.80. The van der Waals surface area contributed by atoms with Crippen molar-refractivity contribution in [3.05, 3.63) is 52.5 Å². The van der Waals surface area contributed by atoms with Crippen LogP contribution in [-0.2, 0) is 10.0 Å². The summed E-state index contributed by atoms with van der Waals surface area (Å²) < 4.78 is 28.8. The number of nitrogens with one attached hydrogen (secondary N) is 1. The molecule has 0 unspecified atom stereocenters. The Labute approximate surface area is 133 Å². The molecular formula is C16H16N2O2S2. The zero-order valence-electron chi connectivity index (χ0n) is 12.5. The topological polar surface area (TPSA) is 59.1 Å². The van der Waals surface area contributed by atoms with Crippen molar-refractivity contribution in [3.8, 4) is 0 Å². The Kier molecular flexibility index (Phi) is 3.66. The van der Waals surface area contributed by atoms with Gasteiger partial charge in [0.1, 0.15) is 0 Å². The Morgan fingerprint density at radius 3 is 2.64 bits per heavy atom. The van der Waals surface area contributed by atoms with Crippen LogP contribution >= 0.6 is 11.3 Å². The number of hydrogen-bond acceptors (Lipinski definition) is 4. The number of fused-ring (bicyclic) bond motifs is 1. The lowest BCUT2D eigenvalue weighted by atomic mass is 10.1. The molecule has 6 heteroatoms. The zero-order chi connectivity index (χ0) is 15.9. The van der Waals surface area contributed by atoms with Crippen LogP contribution in [0.5, 0.6) is 0 Å². The first-order valence-electron chi connectivity index (χ1n) is 6.83. The molecule has 0 aliphatic rings. The molecule has 22 heavy (non-hydrogen) atoms. The van der Waals surface area contributed by atoms with Gasteiger partial charge in [0.2, 0.25) is 0 Å². The van der Waals surface area contributed by atoms with E-state index in [-0.39, 0.29) is 0 Å². The Hall–Kier alpha value is -1.92. The van der Waals surface area contributed by atoms with Crippen LogP contribution in [0.15, 0.2) is 41.3 Å². The third kappa shape index (κ3) is 2.71. The van der Waals surface area contributed by atoms with Crippen molar-refractivity contribution in [2.24, 2.45) is 0 Å². The molecule has 3 rings (SSSR count). The van der Waals surface area contributed by atoms with E-state index in [9.17, 15) is 8.42 Å². The van der Waals surface area contributed by atoms with Crippen molar-refractivity contribution in [3.63, 3.8) is 0 Å². The monoisotopic (exact) mass is 332 g/mol. The largest absolute Gasteiger partial charge is 0.280 e. The molecule has 0 spiro atoms. The van der Waals surface area contributed by atoms with E-state index in [2.05, 4.69) is 9.71 Å². The second-order valence-corrected chi connectivity index (χ2v) is 8.10. The Morgan fingerprint density at radius 2 is 1.86 bits per heavy atom. The van der Waals surface area contributed by atoms with Gasteiger partial charge in [-0.15, -0.1) is 11.3 Å². The summed E-state index contributed by atoms with van der Waals surface area (Å²) in [6.45, 7) is 5.66. The van der Waals surface area contributed by atoms with Gasteiger partial charge in [0.25, 0.3) is 10.0 Å². The number of nitrogens with zero attached hydrogens (tertiary/aromatic N) is 1. The summed E-state index contributed by atoms with van der Waals surface area (Å²) in [6.07, 6.45) is 0. The lowest BCUT2D eigenvalue weighted by molar-refractivity contribution is 0.600. The smallest absolute Gasteiger partial charge is 0.262 e. The Bertz CT molecular complexity index is 959. The van der Waals surface area contributed by atoms with Gasteiger partial charge < -0.3 is 0 Å². The van der Waals surface area contributed by atoms with E-state index in [0.717, 1.165) is 26.4 Å². The summed E-state index contributed by atoms with van der Waals surface area (Å²) in [5.41, 5.74) is 3.16. The molecule has 0 saturated heterocycles. The fraction of sp³-hybridized carbons (Fsp3) is 0.188. The molecule has 0 amide bonds. The van der Waals surface area contributed by atoms with Gasteiger partial charge in [-0.2, -0.15) is 0 Å². The number of rotatable bonds is 3. The average molecular weight is 332 g/mol. The number of aryl methyl sites for hydroxylation is 2.